The van der Waals surface area contributed by atoms with Gasteiger partial charge in [-0.05, 0) is 61.7 Å². The lowest BCUT2D eigenvalue weighted by atomic mass is 9.69. The highest BCUT2D eigenvalue weighted by atomic mass is 79.9. The number of fused-ring (bicyclic) bond motifs is 1. The maximum atomic E-state index is 6.85. The van der Waals surface area contributed by atoms with Gasteiger partial charge >= 0.3 is 0 Å². The monoisotopic (exact) mass is 504 g/mol. The quantitative estimate of drug-likeness (QED) is 0.399. The number of hydrogen-bond donors (Lipinski definition) is 0. The molecule has 0 spiro atoms. The van der Waals surface area contributed by atoms with Gasteiger partial charge in [0, 0.05) is 27.9 Å². The number of aromatic nitrogens is 1. The molecule has 2 unspecified atom stereocenters. The molecule has 2 heterocycles. The number of allylic oxidation sites excluding steroid dienone is 3. The van der Waals surface area contributed by atoms with E-state index in [-0.39, 0.29) is 5.92 Å². The third kappa shape index (κ3) is 4.25. The van der Waals surface area contributed by atoms with Crippen LogP contribution in [-0.4, -0.2) is 42.9 Å². The molecule has 2 atom stereocenters. The molecule has 2 aromatic carbocycles. The summed E-state index contributed by atoms with van der Waals surface area (Å²) >= 11 is 3.62. The number of hydrogen-bond acceptors (Lipinski definition) is 4. The van der Waals surface area contributed by atoms with Crippen LogP contribution in [-0.2, 0) is 4.74 Å². The van der Waals surface area contributed by atoms with Crippen molar-refractivity contribution in [1.29, 1.82) is 0 Å². The van der Waals surface area contributed by atoms with Crippen LogP contribution in [0, 0.1) is 0 Å². The van der Waals surface area contributed by atoms with Crippen LogP contribution in [0.3, 0.4) is 0 Å². The van der Waals surface area contributed by atoms with Crippen molar-refractivity contribution in [3.63, 3.8) is 0 Å². The summed E-state index contributed by atoms with van der Waals surface area (Å²) in [6.45, 7) is 1.57. The molecule has 1 fully saturated rings. The van der Waals surface area contributed by atoms with E-state index in [1.807, 2.05) is 12.1 Å². The first-order chi connectivity index (χ1) is 16.1. The van der Waals surface area contributed by atoms with Crippen molar-refractivity contribution in [2.45, 2.75) is 30.8 Å². The number of methoxy groups -OCH3 is 1. The first-order valence-corrected chi connectivity index (χ1v) is 12.3. The van der Waals surface area contributed by atoms with Crippen LogP contribution in [0.1, 0.15) is 36.3 Å². The molecule has 0 radical (unpaired) electrons. The van der Waals surface area contributed by atoms with Gasteiger partial charge in [0.15, 0.2) is 0 Å². The molecule has 0 N–H and O–H groups in total. The first kappa shape index (κ1) is 22.3. The summed E-state index contributed by atoms with van der Waals surface area (Å²) in [5.41, 5.74) is 4.08. The third-order valence-electron chi connectivity index (χ3n) is 6.84. The number of nitrogens with zero attached hydrogens (tertiary/aromatic N) is 2. The number of ether oxygens (including phenoxy) is 2. The van der Waals surface area contributed by atoms with E-state index in [1.165, 1.54) is 11.1 Å². The zero-order valence-electron chi connectivity index (χ0n) is 19.1. The van der Waals surface area contributed by atoms with Gasteiger partial charge in [-0.1, -0.05) is 64.5 Å². The fourth-order valence-corrected chi connectivity index (χ4v) is 5.58. The van der Waals surface area contributed by atoms with Gasteiger partial charge in [-0.15, -0.1) is 0 Å². The fourth-order valence-electron chi connectivity index (χ4n) is 5.20. The largest absolute Gasteiger partial charge is 0.481 e. The predicted octanol–water partition coefficient (Wildman–Crippen LogP) is 6.46. The summed E-state index contributed by atoms with van der Waals surface area (Å²) in [5.74, 6) is 0.614. The van der Waals surface area contributed by atoms with E-state index in [4.69, 9.17) is 14.5 Å². The molecule has 0 amide bonds. The van der Waals surface area contributed by atoms with Crippen molar-refractivity contribution in [3.8, 4) is 5.88 Å². The van der Waals surface area contributed by atoms with Crippen molar-refractivity contribution in [2.24, 2.45) is 0 Å². The van der Waals surface area contributed by atoms with Gasteiger partial charge in [0.2, 0.25) is 5.88 Å². The van der Waals surface area contributed by atoms with E-state index in [0.717, 1.165) is 46.7 Å². The van der Waals surface area contributed by atoms with Gasteiger partial charge in [0.25, 0.3) is 0 Å². The van der Waals surface area contributed by atoms with Crippen LogP contribution in [0.15, 0.2) is 82.9 Å². The van der Waals surface area contributed by atoms with Crippen LogP contribution in [0.4, 0.5) is 0 Å². The fraction of sp³-hybridized carbons (Fsp3) is 0.321. The maximum Gasteiger partial charge on any atom is 0.217 e. The summed E-state index contributed by atoms with van der Waals surface area (Å²) in [7, 11) is 3.83. The van der Waals surface area contributed by atoms with Gasteiger partial charge in [-0.3, -0.25) is 4.90 Å². The zero-order chi connectivity index (χ0) is 22.8. The van der Waals surface area contributed by atoms with Crippen LogP contribution >= 0.6 is 15.9 Å². The van der Waals surface area contributed by atoms with Crippen LogP contribution in [0.2, 0.25) is 0 Å². The Hall–Kier alpha value is -2.47. The minimum Gasteiger partial charge on any atom is -0.481 e. The second-order valence-corrected chi connectivity index (χ2v) is 9.83. The van der Waals surface area contributed by atoms with E-state index < -0.39 is 5.60 Å². The number of benzene rings is 2. The first-order valence-electron chi connectivity index (χ1n) is 11.5. The Morgan fingerprint density at radius 2 is 2.00 bits per heavy atom. The lowest BCUT2D eigenvalue weighted by Gasteiger charge is -2.48. The second-order valence-electron chi connectivity index (χ2n) is 8.92. The second kappa shape index (κ2) is 9.41. The van der Waals surface area contributed by atoms with Gasteiger partial charge in [0.05, 0.1) is 19.4 Å². The molecular formula is C28H29BrN2O2. The summed E-state index contributed by atoms with van der Waals surface area (Å²) in [4.78, 5) is 7.17. The highest BCUT2D eigenvalue weighted by Crippen LogP contribution is 2.50. The standard InChI is InChI=1S/C28H29BrN2O2/c1-31-16-15-28(33-19-31,22-11-7-4-8-12-22)26(20-9-5-3-6-10-20)24-18-21-17-23(29)13-14-25(21)30-27(24)32-2/h3-7,9-11,13-14,17-18,26H,8,12,15-16,19H2,1-2H3. The average molecular weight is 505 g/mol. The summed E-state index contributed by atoms with van der Waals surface area (Å²) in [6.07, 6.45) is 9.62. The highest BCUT2D eigenvalue weighted by molar-refractivity contribution is 9.10. The molecule has 0 saturated carbocycles. The van der Waals surface area contributed by atoms with E-state index in [9.17, 15) is 0 Å². The Balaban J connectivity index is 1.77. The number of halogens is 1. The van der Waals surface area contributed by atoms with E-state index in [2.05, 4.69) is 88.6 Å². The predicted molar refractivity (Wildman–Crippen MR) is 137 cm³/mol. The molecule has 33 heavy (non-hydrogen) atoms. The molecule has 170 valence electrons. The topological polar surface area (TPSA) is 34.6 Å². The molecule has 2 aliphatic rings. The zero-order valence-corrected chi connectivity index (χ0v) is 20.7. The molecule has 3 aromatic rings. The van der Waals surface area contributed by atoms with Crippen molar-refractivity contribution < 1.29 is 9.47 Å². The Labute approximate surface area is 204 Å². The summed E-state index contributed by atoms with van der Waals surface area (Å²) in [6, 6.07) is 19.1. The maximum absolute atomic E-state index is 6.85. The lowest BCUT2D eigenvalue weighted by Crippen LogP contribution is -2.51. The minimum absolute atomic E-state index is 0.0454. The Morgan fingerprint density at radius 1 is 1.15 bits per heavy atom. The van der Waals surface area contributed by atoms with Crippen molar-refractivity contribution in [3.05, 3.63) is 94.0 Å². The summed E-state index contributed by atoms with van der Waals surface area (Å²) in [5, 5.41) is 1.08. The van der Waals surface area contributed by atoms with E-state index >= 15 is 0 Å². The van der Waals surface area contributed by atoms with Crippen molar-refractivity contribution >= 4 is 26.8 Å². The molecule has 5 heteroatoms. The molecule has 5 rings (SSSR count). The lowest BCUT2D eigenvalue weighted by molar-refractivity contribution is -0.119. The Morgan fingerprint density at radius 3 is 2.70 bits per heavy atom. The van der Waals surface area contributed by atoms with Crippen molar-refractivity contribution in [2.75, 3.05) is 27.4 Å². The van der Waals surface area contributed by atoms with Crippen LogP contribution in [0.25, 0.3) is 10.9 Å². The Bertz CT molecular complexity index is 1200. The van der Waals surface area contributed by atoms with Crippen LogP contribution < -0.4 is 4.74 Å². The molecule has 1 saturated heterocycles. The van der Waals surface area contributed by atoms with Crippen LogP contribution in [0.5, 0.6) is 5.88 Å². The molecule has 1 aliphatic heterocycles. The van der Waals surface area contributed by atoms with Gasteiger partial charge in [-0.2, -0.15) is 0 Å². The number of rotatable bonds is 5. The minimum atomic E-state index is -0.465. The third-order valence-corrected chi connectivity index (χ3v) is 7.33. The number of pyridine rings is 1. The normalized spacial score (nSPS) is 22.2. The van der Waals surface area contributed by atoms with Gasteiger partial charge in [0.1, 0.15) is 5.60 Å². The van der Waals surface area contributed by atoms with E-state index in [1.54, 1.807) is 7.11 Å². The molecule has 4 nitrogen and oxygen atoms in total. The van der Waals surface area contributed by atoms with E-state index in [0.29, 0.717) is 12.6 Å². The Kier molecular flexibility index (Phi) is 6.37. The molecule has 1 aromatic heterocycles. The molecule has 1 aliphatic carbocycles. The molecule has 0 bridgehead atoms. The SMILES string of the molecule is COc1nc2ccc(Br)cc2cc1C(c1ccccc1)C1(C2=CC=CCC2)CCN(C)CO1. The smallest absolute Gasteiger partial charge is 0.217 e. The van der Waals surface area contributed by atoms with Gasteiger partial charge < -0.3 is 9.47 Å². The highest BCUT2D eigenvalue weighted by Gasteiger charge is 2.47. The summed E-state index contributed by atoms with van der Waals surface area (Å²) < 4.78 is 13.8. The average Bonchev–Trinajstić information content (AvgIpc) is 2.86. The van der Waals surface area contributed by atoms with Gasteiger partial charge in [-0.25, -0.2) is 4.98 Å². The molecular weight excluding hydrogens is 476 g/mol. The van der Waals surface area contributed by atoms with Crippen molar-refractivity contribution in [1.82, 2.24) is 9.88 Å².